The molecule has 0 aromatic heterocycles. The van der Waals surface area contributed by atoms with Crippen LogP contribution in [0, 0.1) is 5.82 Å². The Morgan fingerprint density at radius 1 is 0.933 bits per heavy atom. The second-order valence-electron chi connectivity index (χ2n) is 3.22. The number of hydrogen-bond acceptors (Lipinski definition) is 1. The molecule has 2 aromatic rings. The highest BCUT2D eigenvalue weighted by Crippen LogP contribution is 2.26. The molecule has 0 heterocycles. The molecule has 0 amide bonds. The fraction of sp³-hybridized carbons (Fsp3) is 0.0769. The maximum Gasteiger partial charge on any atom is 0.136 e. The standard InChI is InChI=1S/C13H11FS/c1-15-13-9-11(7-8-12(13)14)10-5-3-2-4-6-10/h2-9H,1H3. The molecule has 0 saturated heterocycles. The largest absolute Gasteiger partial charge is 0.206 e. The molecule has 0 N–H and O–H groups in total. The van der Waals surface area contributed by atoms with Crippen LogP contribution in [0.15, 0.2) is 53.4 Å². The molecule has 0 unspecified atom stereocenters. The van der Waals surface area contributed by atoms with Crippen molar-refractivity contribution in [3.8, 4) is 11.1 Å². The van der Waals surface area contributed by atoms with Crippen LogP contribution in [0.4, 0.5) is 4.39 Å². The fourth-order valence-electron chi connectivity index (χ4n) is 1.47. The molecule has 0 nitrogen and oxygen atoms in total. The third-order valence-electron chi connectivity index (χ3n) is 2.26. The second-order valence-corrected chi connectivity index (χ2v) is 4.06. The summed E-state index contributed by atoms with van der Waals surface area (Å²) in [5.74, 6) is -0.151. The normalized spacial score (nSPS) is 10.3. The molecular formula is C13H11FS. The highest BCUT2D eigenvalue weighted by Gasteiger charge is 2.03. The Kier molecular flexibility index (Phi) is 3.07. The molecule has 2 aromatic carbocycles. The molecular weight excluding hydrogens is 207 g/mol. The van der Waals surface area contributed by atoms with Gasteiger partial charge in [-0.1, -0.05) is 36.4 Å². The van der Waals surface area contributed by atoms with E-state index in [0.717, 1.165) is 11.1 Å². The lowest BCUT2D eigenvalue weighted by Gasteiger charge is -2.04. The van der Waals surface area contributed by atoms with Gasteiger partial charge >= 0.3 is 0 Å². The molecule has 0 aliphatic rings. The number of benzene rings is 2. The van der Waals surface area contributed by atoms with E-state index in [1.807, 2.05) is 48.7 Å². The van der Waals surface area contributed by atoms with Gasteiger partial charge in [-0.05, 0) is 29.5 Å². The van der Waals surface area contributed by atoms with E-state index in [1.165, 1.54) is 17.8 Å². The quantitative estimate of drug-likeness (QED) is 0.680. The van der Waals surface area contributed by atoms with Crippen LogP contribution in [-0.4, -0.2) is 6.26 Å². The summed E-state index contributed by atoms with van der Waals surface area (Å²) in [4.78, 5) is 0.691. The Morgan fingerprint density at radius 3 is 2.33 bits per heavy atom. The van der Waals surface area contributed by atoms with E-state index < -0.39 is 0 Å². The number of rotatable bonds is 2. The molecule has 0 bridgehead atoms. The maximum atomic E-state index is 13.3. The van der Waals surface area contributed by atoms with Crippen LogP contribution in [0.3, 0.4) is 0 Å². The molecule has 15 heavy (non-hydrogen) atoms. The topological polar surface area (TPSA) is 0 Å². The molecule has 0 aliphatic heterocycles. The Hall–Kier alpha value is -1.28. The first-order valence-electron chi connectivity index (χ1n) is 4.70. The molecule has 0 fully saturated rings. The summed E-state index contributed by atoms with van der Waals surface area (Å²) in [5.41, 5.74) is 2.18. The monoisotopic (exact) mass is 218 g/mol. The van der Waals surface area contributed by atoms with Crippen molar-refractivity contribution in [2.75, 3.05) is 6.26 Å². The lowest BCUT2D eigenvalue weighted by Crippen LogP contribution is -1.82. The van der Waals surface area contributed by atoms with Crippen molar-refractivity contribution in [2.24, 2.45) is 0 Å². The Bertz CT molecular complexity index is 451. The zero-order chi connectivity index (χ0) is 10.7. The van der Waals surface area contributed by atoms with E-state index in [1.54, 1.807) is 0 Å². The van der Waals surface area contributed by atoms with Gasteiger partial charge in [0.2, 0.25) is 0 Å². The molecule has 0 aliphatic carbocycles. The smallest absolute Gasteiger partial charge is 0.136 e. The highest BCUT2D eigenvalue weighted by atomic mass is 32.2. The Labute approximate surface area is 93.1 Å². The van der Waals surface area contributed by atoms with Crippen molar-refractivity contribution < 1.29 is 4.39 Å². The number of hydrogen-bond donors (Lipinski definition) is 0. The minimum Gasteiger partial charge on any atom is -0.206 e. The first-order valence-corrected chi connectivity index (χ1v) is 5.92. The third-order valence-corrected chi connectivity index (χ3v) is 3.01. The number of thioether (sulfide) groups is 1. The first-order chi connectivity index (χ1) is 7.31. The summed E-state index contributed by atoms with van der Waals surface area (Å²) in [6.45, 7) is 0. The average molecular weight is 218 g/mol. The van der Waals surface area contributed by atoms with E-state index in [4.69, 9.17) is 0 Å². The van der Waals surface area contributed by atoms with Crippen molar-refractivity contribution in [2.45, 2.75) is 4.90 Å². The molecule has 0 spiro atoms. The van der Waals surface area contributed by atoms with Gasteiger partial charge < -0.3 is 0 Å². The average Bonchev–Trinajstić information content (AvgIpc) is 2.31. The van der Waals surface area contributed by atoms with Gasteiger partial charge in [-0.15, -0.1) is 11.8 Å². The Morgan fingerprint density at radius 2 is 1.67 bits per heavy atom. The zero-order valence-electron chi connectivity index (χ0n) is 8.41. The molecule has 2 rings (SSSR count). The van der Waals surface area contributed by atoms with E-state index >= 15 is 0 Å². The second kappa shape index (κ2) is 4.49. The summed E-state index contributed by atoms with van der Waals surface area (Å²) in [7, 11) is 0. The van der Waals surface area contributed by atoms with Gasteiger partial charge in [0.15, 0.2) is 0 Å². The van der Waals surface area contributed by atoms with Crippen molar-refractivity contribution in [3.63, 3.8) is 0 Å². The summed E-state index contributed by atoms with van der Waals surface area (Å²) >= 11 is 1.43. The Balaban J connectivity index is 2.46. The van der Waals surface area contributed by atoms with E-state index in [0.29, 0.717) is 4.90 Å². The zero-order valence-corrected chi connectivity index (χ0v) is 9.22. The van der Waals surface area contributed by atoms with E-state index in [-0.39, 0.29) is 5.82 Å². The summed E-state index contributed by atoms with van der Waals surface area (Å²) < 4.78 is 13.3. The van der Waals surface area contributed by atoms with Gasteiger partial charge in [-0.2, -0.15) is 0 Å². The lowest BCUT2D eigenvalue weighted by molar-refractivity contribution is 0.602. The molecule has 0 atom stereocenters. The van der Waals surface area contributed by atoms with Crippen LogP contribution in [-0.2, 0) is 0 Å². The van der Waals surface area contributed by atoms with Crippen molar-refractivity contribution in [1.29, 1.82) is 0 Å². The van der Waals surface area contributed by atoms with Gasteiger partial charge in [-0.3, -0.25) is 0 Å². The fourth-order valence-corrected chi connectivity index (χ4v) is 1.98. The van der Waals surface area contributed by atoms with E-state index in [2.05, 4.69) is 0 Å². The SMILES string of the molecule is CSc1cc(-c2ccccc2)ccc1F. The predicted molar refractivity (Wildman–Crippen MR) is 63.6 cm³/mol. The number of halogens is 1. The van der Waals surface area contributed by atoms with Crippen LogP contribution >= 0.6 is 11.8 Å². The predicted octanol–water partition coefficient (Wildman–Crippen LogP) is 4.21. The molecule has 0 saturated carbocycles. The molecule has 2 heteroatoms. The van der Waals surface area contributed by atoms with Crippen molar-refractivity contribution in [1.82, 2.24) is 0 Å². The van der Waals surface area contributed by atoms with Crippen LogP contribution in [0.5, 0.6) is 0 Å². The van der Waals surface area contributed by atoms with Crippen molar-refractivity contribution in [3.05, 3.63) is 54.3 Å². The van der Waals surface area contributed by atoms with Gasteiger partial charge in [0.25, 0.3) is 0 Å². The van der Waals surface area contributed by atoms with Gasteiger partial charge in [0.1, 0.15) is 5.82 Å². The van der Waals surface area contributed by atoms with Crippen LogP contribution in [0.25, 0.3) is 11.1 Å². The van der Waals surface area contributed by atoms with Gasteiger partial charge in [0, 0.05) is 4.90 Å². The van der Waals surface area contributed by atoms with Gasteiger partial charge in [-0.25, -0.2) is 4.39 Å². The minimum atomic E-state index is -0.151. The lowest BCUT2D eigenvalue weighted by atomic mass is 10.1. The first kappa shape index (κ1) is 10.2. The van der Waals surface area contributed by atoms with Crippen LogP contribution < -0.4 is 0 Å². The van der Waals surface area contributed by atoms with Crippen molar-refractivity contribution >= 4 is 11.8 Å². The summed E-state index contributed by atoms with van der Waals surface area (Å²) in [5, 5.41) is 0. The molecule has 0 radical (unpaired) electrons. The maximum absolute atomic E-state index is 13.3. The van der Waals surface area contributed by atoms with Crippen LogP contribution in [0.2, 0.25) is 0 Å². The highest BCUT2D eigenvalue weighted by molar-refractivity contribution is 7.98. The third kappa shape index (κ3) is 2.21. The van der Waals surface area contributed by atoms with Gasteiger partial charge in [0.05, 0.1) is 0 Å². The minimum absolute atomic E-state index is 0.151. The summed E-state index contributed by atoms with van der Waals surface area (Å²) in [6.07, 6.45) is 1.88. The summed E-state index contributed by atoms with van der Waals surface area (Å²) in [6, 6.07) is 15.2. The van der Waals surface area contributed by atoms with Crippen LogP contribution in [0.1, 0.15) is 0 Å². The van der Waals surface area contributed by atoms with E-state index in [9.17, 15) is 4.39 Å². The molecule has 76 valence electrons.